The van der Waals surface area contributed by atoms with Crippen molar-refractivity contribution in [3.8, 4) is 0 Å². The molecule has 0 amide bonds. The lowest BCUT2D eigenvalue weighted by Crippen LogP contribution is -2.30. The third kappa shape index (κ3) is 3.36. The molecule has 1 aromatic carbocycles. The summed E-state index contributed by atoms with van der Waals surface area (Å²) in [4.78, 5) is 10.5. The fourth-order valence-corrected chi connectivity index (χ4v) is 1.74. The Labute approximate surface area is 100 Å². The second kappa shape index (κ2) is 4.84. The summed E-state index contributed by atoms with van der Waals surface area (Å²) in [6.45, 7) is 0. The predicted molar refractivity (Wildman–Crippen MR) is 56.4 cm³/mol. The van der Waals surface area contributed by atoms with E-state index in [0.717, 1.165) is 6.07 Å². The summed E-state index contributed by atoms with van der Waals surface area (Å²) in [7, 11) is -5.55. The highest BCUT2D eigenvalue weighted by Crippen LogP contribution is 2.27. The first-order chi connectivity index (χ1) is 8.13. The number of aliphatic carboxylic acids is 1. The van der Waals surface area contributed by atoms with Crippen molar-refractivity contribution in [2.75, 3.05) is 4.72 Å². The minimum absolute atomic E-state index is 0.0576. The molecule has 9 heteroatoms. The average molecular weight is 283 g/mol. The number of nitrogens with one attached hydrogen (secondary N) is 1. The van der Waals surface area contributed by atoms with Crippen LogP contribution in [0, 0.1) is 0 Å². The largest absolute Gasteiger partial charge is 0.516 e. The predicted octanol–water partition coefficient (Wildman–Crippen LogP) is 1.58. The van der Waals surface area contributed by atoms with Crippen molar-refractivity contribution in [3.05, 3.63) is 29.8 Å². The van der Waals surface area contributed by atoms with Crippen molar-refractivity contribution in [1.82, 2.24) is 0 Å². The van der Waals surface area contributed by atoms with Crippen molar-refractivity contribution < 1.29 is 31.5 Å². The van der Waals surface area contributed by atoms with E-state index in [9.17, 15) is 26.4 Å². The van der Waals surface area contributed by atoms with Crippen LogP contribution in [0.3, 0.4) is 0 Å². The van der Waals surface area contributed by atoms with Gasteiger partial charge in [-0.3, -0.25) is 9.52 Å². The van der Waals surface area contributed by atoms with E-state index >= 15 is 0 Å². The number of carbonyl (C=O) groups is 1. The molecule has 0 aliphatic carbocycles. The maximum Gasteiger partial charge on any atom is 0.516 e. The maximum atomic E-state index is 12.1. The summed E-state index contributed by atoms with van der Waals surface area (Å²) in [5.74, 6) is -1.28. The second-order valence-electron chi connectivity index (χ2n) is 3.28. The summed E-state index contributed by atoms with van der Waals surface area (Å²) >= 11 is 0. The van der Waals surface area contributed by atoms with E-state index in [-0.39, 0.29) is 5.56 Å². The van der Waals surface area contributed by atoms with Gasteiger partial charge >= 0.3 is 21.5 Å². The third-order valence-electron chi connectivity index (χ3n) is 1.91. The maximum absolute atomic E-state index is 12.1. The van der Waals surface area contributed by atoms with E-state index in [1.54, 1.807) is 0 Å². The Morgan fingerprint density at radius 2 is 1.83 bits per heavy atom. The van der Waals surface area contributed by atoms with E-state index in [1.807, 2.05) is 0 Å². The lowest BCUT2D eigenvalue weighted by molar-refractivity contribution is -0.136. The molecule has 0 aromatic heterocycles. The van der Waals surface area contributed by atoms with E-state index in [1.165, 1.54) is 22.9 Å². The number of alkyl halides is 3. The Balaban J connectivity index is 3.09. The summed E-state index contributed by atoms with van der Waals surface area (Å²) < 4.78 is 59.5. The summed E-state index contributed by atoms with van der Waals surface area (Å²) in [6.07, 6.45) is -0.587. The number of para-hydroxylation sites is 1. The minimum atomic E-state index is -5.55. The molecular formula is C9H8F3NO4S. The number of halogens is 3. The zero-order valence-corrected chi connectivity index (χ0v) is 9.55. The number of rotatable bonds is 4. The van der Waals surface area contributed by atoms with Gasteiger partial charge in [0.2, 0.25) is 0 Å². The minimum Gasteiger partial charge on any atom is -0.481 e. The second-order valence-corrected chi connectivity index (χ2v) is 4.95. The van der Waals surface area contributed by atoms with Crippen molar-refractivity contribution >= 4 is 21.7 Å². The molecule has 0 bridgehead atoms. The standard InChI is InChI=1S/C9H8F3NO4S/c10-9(11,12)18(16,17)13-7-4-2-1-3-6(7)5-8(14)15/h1-4,13H,5H2,(H,14,15). The van der Waals surface area contributed by atoms with Gasteiger partial charge in [-0.1, -0.05) is 18.2 Å². The van der Waals surface area contributed by atoms with Gasteiger partial charge < -0.3 is 5.11 Å². The van der Waals surface area contributed by atoms with Crippen LogP contribution in [0.25, 0.3) is 0 Å². The fourth-order valence-electron chi connectivity index (χ4n) is 1.14. The zero-order chi connectivity index (χ0) is 14.0. The van der Waals surface area contributed by atoms with E-state index < -0.39 is 33.6 Å². The number of sulfonamides is 1. The van der Waals surface area contributed by atoms with Crippen LogP contribution in [0.2, 0.25) is 0 Å². The molecule has 0 fully saturated rings. The molecule has 0 saturated heterocycles. The summed E-state index contributed by atoms with van der Waals surface area (Å²) in [5, 5.41) is 8.55. The van der Waals surface area contributed by atoms with Crippen LogP contribution in [0.4, 0.5) is 18.9 Å². The van der Waals surface area contributed by atoms with Crippen molar-refractivity contribution in [2.24, 2.45) is 0 Å². The topological polar surface area (TPSA) is 83.5 Å². The Morgan fingerprint density at radius 3 is 2.33 bits per heavy atom. The first kappa shape index (κ1) is 14.3. The van der Waals surface area contributed by atoms with Crippen LogP contribution in [0.1, 0.15) is 5.56 Å². The molecule has 100 valence electrons. The number of carboxylic acids is 1. The van der Waals surface area contributed by atoms with E-state index in [0.29, 0.717) is 0 Å². The number of anilines is 1. The van der Waals surface area contributed by atoms with Gasteiger partial charge in [0, 0.05) is 0 Å². The molecule has 5 nitrogen and oxygen atoms in total. The van der Waals surface area contributed by atoms with Gasteiger partial charge in [-0.15, -0.1) is 0 Å². The normalized spacial score (nSPS) is 12.2. The Hall–Kier alpha value is -1.77. The Morgan fingerprint density at radius 1 is 1.28 bits per heavy atom. The van der Waals surface area contributed by atoms with Gasteiger partial charge in [-0.05, 0) is 11.6 Å². The zero-order valence-electron chi connectivity index (χ0n) is 8.73. The summed E-state index contributed by atoms with van der Waals surface area (Å²) in [6, 6.07) is 4.97. The van der Waals surface area contributed by atoms with Crippen LogP contribution in [0.15, 0.2) is 24.3 Å². The lowest BCUT2D eigenvalue weighted by Gasteiger charge is -2.13. The number of benzene rings is 1. The van der Waals surface area contributed by atoms with Gasteiger partial charge in [-0.25, -0.2) is 0 Å². The summed E-state index contributed by atoms with van der Waals surface area (Å²) in [5.41, 5.74) is -5.92. The van der Waals surface area contributed by atoms with Crippen LogP contribution in [0.5, 0.6) is 0 Å². The van der Waals surface area contributed by atoms with Crippen LogP contribution >= 0.6 is 0 Å². The molecule has 0 radical (unpaired) electrons. The highest BCUT2D eigenvalue weighted by molar-refractivity contribution is 7.93. The first-order valence-electron chi connectivity index (χ1n) is 4.52. The molecule has 0 aliphatic rings. The van der Waals surface area contributed by atoms with Gasteiger partial charge in [0.05, 0.1) is 12.1 Å². The van der Waals surface area contributed by atoms with Crippen molar-refractivity contribution in [3.63, 3.8) is 0 Å². The molecule has 0 spiro atoms. The van der Waals surface area contributed by atoms with Crippen LogP contribution < -0.4 is 4.72 Å². The molecule has 0 saturated carbocycles. The Kier molecular flexibility index (Phi) is 3.85. The van der Waals surface area contributed by atoms with Crippen molar-refractivity contribution in [1.29, 1.82) is 0 Å². The van der Waals surface area contributed by atoms with Crippen LogP contribution in [-0.2, 0) is 21.2 Å². The quantitative estimate of drug-likeness (QED) is 0.878. The molecule has 0 heterocycles. The smallest absolute Gasteiger partial charge is 0.481 e. The molecule has 18 heavy (non-hydrogen) atoms. The molecule has 1 aromatic rings. The van der Waals surface area contributed by atoms with E-state index in [2.05, 4.69) is 0 Å². The first-order valence-corrected chi connectivity index (χ1v) is 6.00. The fraction of sp³-hybridized carbons (Fsp3) is 0.222. The van der Waals surface area contributed by atoms with Gasteiger partial charge in [-0.2, -0.15) is 21.6 Å². The number of hydrogen-bond acceptors (Lipinski definition) is 3. The number of hydrogen-bond donors (Lipinski definition) is 2. The molecule has 0 aliphatic heterocycles. The molecule has 1 rings (SSSR count). The molecular weight excluding hydrogens is 275 g/mol. The highest BCUT2D eigenvalue weighted by atomic mass is 32.2. The van der Waals surface area contributed by atoms with E-state index in [4.69, 9.17) is 5.11 Å². The number of carboxylic acid groups (broad SMARTS) is 1. The van der Waals surface area contributed by atoms with Gasteiger partial charge in [0.15, 0.2) is 0 Å². The molecule has 0 atom stereocenters. The van der Waals surface area contributed by atoms with Gasteiger partial charge in [0.1, 0.15) is 0 Å². The molecule has 2 N–H and O–H groups in total. The Bertz CT molecular complexity index is 553. The van der Waals surface area contributed by atoms with Gasteiger partial charge in [0.25, 0.3) is 0 Å². The monoisotopic (exact) mass is 283 g/mol. The SMILES string of the molecule is O=C(O)Cc1ccccc1NS(=O)(=O)C(F)(F)F. The van der Waals surface area contributed by atoms with Crippen molar-refractivity contribution in [2.45, 2.75) is 11.9 Å². The molecule has 0 unspecified atom stereocenters. The third-order valence-corrected chi connectivity index (χ3v) is 3.01. The lowest BCUT2D eigenvalue weighted by atomic mass is 10.1. The highest BCUT2D eigenvalue weighted by Gasteiger charge is 2.46. The average Bonchev–Trinajstić information content (AvgIpc) is 2.18. The van der Waals surface area contributed by atoms with Crippen LogP contribution in [-0.4, -0.2) is 25.0 Å².